The normalized spacial score (nSPS) is 11.7. The zero-order valence-corrected chi connectivity index (χ0v) is 9.38. The fraction of sp³-hybridized carbons (Fsp3) is 0.231. The Balaban J connectivity index is 2.55. The monoisotopic (exact) mass is 211 g/mol. The Hall–Kier alpha value is -1.90. The molecule has 0 amide bonds. The molecule has 3 rings (SSSR count). The Bertz CT molecular complexity index is 652. The molecule has 0 fully saturated rings. The van der Waals surface area contributed by atoms with Crippen LogP contribution in [0.3, 0.4) is 0 Å². The van der Waals surface area contributed by atoms with E-state index in [0.29, 0.717) is 5.92 Å². The van der Waals surface area contributed by atoms with Crippen molar-refractivity contribution in [1.29, 1.82) is 0 Å². The first kappa shape index (κ1) is 9.33. The van der Waals surface area contributed by atoms with Gasteiger partial charge in [-0.05, 0) is 23.6 Å². The van der Waals surface area contributed by atoms with Crippen LogP contribution in [0.4, 0.5) is 0 Å². The summed E-state index contributed by atoms with van der Waals surface area (Å²) in [4.78, 5) is 8.38. The van der Waals surface area contributed by atoms with E-state index in [1.165, 1.54) is 10.9 Å². The van der Waals surface area contributed by atoms with Crippen molar-refractivity contribution in [2.45, 2.75) is 19.8 Å². The van der Waals surface area contributed by atoms with E-state index in [1.807, 2.05) is 24.9 Å². The van der Waals surface area contributed by atoms with Crippen molar-refractivity contribution in [1.82, 2.24) is 14.4 Å². The molecule has 0 radical (unpaired) electrons. The highest BCUT2D eigenvalue weighted by molar-refractivity contribution is 5.85. The number of rotatable bonds is 1. The molecule has 0 saturated heterocycles. The van der Waals surface area contributed by atoms with Crippen molar-refractivity contribution in [3.63, 3.8) is 0 Å². The highest BCUT2D eigenvalue weighted by atomic mass is 15.0. The van der Waals surface area contributed by atoms with Crippen LogP contribution in [0, 0.1) is 0 Å². The van der Waals surface area contributed by atoms with Crippen LogP contribution in [-0.4, -0.2) is 14.4 Å². The van der Waals surface area contributed by atoms with E-state index in [-0.39, 0.29) is 0 Å². The molecule has 0 atom stereocenters. The first-order valence-electron chi connectivity index (χ1n) is 5.46. The van der Waals surface area contributed by atoms with Crippen LogP contribution in [-0.2, 0) is 0 Å². The Morgan fingerprint density at radius 3 is 2.88 bits per heavy atom. The van der Waals surface area contributed by atoms with Crippen molar-refractivity contribution in [3.8, 4) is 0 Å². The second-order valence-corrected chi connectivity index (χ2v) is 4.34. The summed E-state index contributed by atoms with van der Waals surface area (Å²) in [5.74, 6) is 0.504. The third-order valence-corrected chi connectivity index (χ3v) is 2.96. The third-order valence-electron chi connectivity index (χ3n) is 2.96. The molecule has 0 unspecified atom stereocenters. The molecule has 16 heavy (non-hydrogen) atoms. The minimum absolute atomic E-state index is 0.504. The lowest BCUT2D eigenvalue weighted by atomic mass is 9.99. The molecule has 3 aromatic rings. The zero-order valence-electron chi connectivity index (χ0n) is 9.38. The number of imidazole rings is 1. The van der Waals surface area contributed by atoms with Gasteiger partial charge in [-0.3, -0.25) is 9.38 Å². The second-order valence-electron chi connectivity index (χ2n) is 4.34. The summed E-state index contributed by atoms with van der Waals surface area (Å²) in [6.07, 6.45) is 7.47. The molecule has 3 heterocycles. The molecule has 0 aliphatic heterocycles. The number of fused-ring (bicyclic) bond motifs is 3. The molecule has 0 aromatic carbocycles. The summed E-state index contributed by atoms with van der Waals surface area (Å²) in [6, 6.07) is 4.28. The molecule has 0 aliphatic carbocycles. The molecule has 0 bridgehead atoms. The summed E-state index contributed by atoms with van der Waals surface area (Å²) in [5, 5.41) is 1.26. The van der Waals surface area contributed by atoms with E-state index < -0.39 is 0 Å². The zero-order chi connectivity index (χ0) is 11.1. The van der Waals surface area contributed by atoms with E-state index in [4.69, 9.17) is 0 Å². The van der Waals surface area contributed by atoms with Crippen LogP contribution >= 0.6 is 0 Å². The minimum Gasteiger partial charge on any atom is -0.297 e. The Labute approximate surface area is 93.8 Å². The molecule has 0 spiro atoms. The second kappa shape index (κ2) is 3.30. The Morgan fingerprint density at radius 1 is 1.19 bits per heavy atom. The largest absolute Gasteiger partial charge is 0.297 e. The quantitative estimate of drug-likeness (QED) is 0.619. The lowest BCUT2D eigenvalue weighted by Crippen LogP contribution is -1.95. The van der Waals surface area contributed by atoms with Gasteiger partial charge in [0.2, 0.25) is 0 Å². The van der Waals surface area contributed by atoms with Gasteiger partial charge in [0.25, 0.3) is 0 Å². The van der Waals surface area contributed by atoms with Gasteiger partial charge in [0.1, 0.15) is 0 Å². The molecular formula is C13H13N3. The number of hydrogen-bond donors (Lipinski definition) is 0. The van der Waals surface area contributed by atoms with Crippen molar-refractivity contribution in [3.05, 3.63) is 42.6 Å². The average Bonchev–Trinajstić information content (AvgIpc) is 2.75. The average molecular weight is 211 g/mol. The highest BCUT2D eigenvalue weighted by Gasteiger charge is 2.09. The van der Waals surface area contributed by atoms with E-state index in [2.05, 4.69) is 40.3 Å². The standard InChI is InChI=1S/C13H13N3/c1-9(2)12-5-10-6-15-8-16(10)13-7-14-4-3-11(12)13/h3-9H,1-2H3. The Kier molecular flexibility index (Phi) is 1.93. The summed E-state index contributed by atoms with van der Waals surface area (Å²) in [7, 11) is 0. The van der Waals surface area contributed by atoms with Gasteiger partial charge in [-0.1, -0.05) is 13.8 Å². The lowest BCUT2D eigenvalue weighted by molar-refractivity contribution is 0.875. The first-order valence-corrected chi connectivity index (χ1v) is 5.46. The van der Waals surface area contributed by atoms with Crippen LogP contribution in [0.1, 0.15) is 25.3 Å². The van der Waals surface area contributed by atoms with E-state index in [0.717, 1.165) is 11.0 Å². The van der Waals surface area contributed by atoms with Crippen molar-refractivity contribution in [2.24, 2.45) is 0 Å². The molecule has 0 aliphatic rings. The van der Waals surface area contributed by atoms with Crippen LogP contribution in [0.15, 0.2) is 37.1 Å². The minimum atomic E-state index is 0.504. The molecule has 3 heteroatoms. The van der Waals surface area contributed by atoms with E-state index in [9.17, 15) is 0 Å². The number of pyridine rings is 2. The van der Waals surface area contributed by atoms with Gasteiger partial charge in [0, 0.05) is 11.6 Å². The number of aromatic nitrogens is 3. The topological polar surface area (TPSA) is 30.2 Å². The fourth-order valence-corrected chi connectivity index (χ4v) is 2.15. The van der Waals surface area contributed by atoms with Gasteiger partial charge in [0.05, 0.1) is 29.8 Å². The molecule has 80 valence electrons. The maximum atomic E-state index is 4.19. The maximum Gasteiger partial charge on any atom is 0.0997 e. The van der Waals surface area contributed by atoms with Gasteiger partial charge in [-0.15, -0.1) is 0 Å². The fourth-order valence-electron chi connectivity index (χ4n) is 2.15. The predicted molar refractivity (Wildman–Crippen MR) is 64.6 cm³/mol. The third kappa shape index (κ3) is 1.21. The van der Waals surface area contributed by atoms with Crippen LogP contribution in [0.25, 0.3) is 16.4 Å². The molecular weight excluding hydrogens is 198 g/mol. The highest BCUT2D eigenvalue weighted by Crippen LogP contribution is 2.26. The molecule has 3 aromatic heterocycles. The summed E-state index contributed by atoms with van der Waals surface area (Å²) in [5.41, 5.74) is 3.61. The van der Waals surface area contributed by atoms with Crippen molar-refractivity contribution < 1.29 is 0 Å². The van der Waals surface area contributed by atoms with E-state index in [1.54, 1.807) is 0 Å². The Morgan fingerprint density at radius 2 is 2.06 bits per heavy atom. The summed E-state index contributed by atoms with van der Waals surface area (Å²) in [6.45, 7) is 4.42. The summed E-state index contributed by atoms with van der Waals surface area (Å²) >= 11 is 0. The summed E-state index contributed by atoms with van der Waals surface area (Å²) < 4.78 is 2.08. The van der Waals surface area contributed by atoms with Crippen molar-refractivity contribution >= 4 is 16.4 Å². The van der Waals surface area contributed by atoms with Gasteiger partial charge < -0.3 is 0 Å². The number of nitrogens with zero attached hydrogens (tertiary/aromatic N) is 3. The van der Waals surface area contributed by atoms with Gasteiger partial charge >= 0.3 is 0 Å². The van der Waals surface area contributed by atoms with Gasteiger partial charge in [-0.25, -0.2) is 4.98 Å². The van der Waals surface area contributed by atoms with Crippen LogP contribution in [0.2, 0.25) is 0 Å². The maximum absolute atomic E-state index is 4.19. The number of hydrogen-bond acceptors (Lipinski definition) is 2. The predicted octanol–water partition coefficient (Wildman–Crippen LogP) is 3.01. The van der Waals surface area contributed by atoms with Crippen LogP contribution < -0.4 is 0 Å². The van der Waals surface area contributed by atoms with Gasteiger partial charge in [-0.2, -0.15) is 0 Å². The molecule has 3 nitrogen and oxygen atoms in total. The van der Waals surface area contributed by atoms with Crippen LogP contribution in [0.5, 0.6) is 0 Å². The van der Waals surface area contributed by atoms with Crippen molar-refractivity contribution in [2.75, 3.05) is 0 Å². The lowest BCUT2D eigenvalue weighted by Gasteiger charge is -2.11. The van der Waals surface area contributed by atoms with Gasteiger partial charge in [0.15, 0.2) is 0 Å². The molecule has 0 N–H and O–H groups in total. The SMILES string of the molecule is CC(C)c1cc2cncn2c2cnccc12. The molecule has 0 saturated carbocycles. The first-order chi connectivity index (χ1) is 7.77. The van der Waals surface area contributed by atoms with E-state index >= 15 is 0 Å². The smallest absolute Gasteiger partial charge is 0.0997 e.